The minimum Gasteiger partial charge on any atom is -0.356 e. The van der Waals surface area contributed by atoms with Gasteiger partial charge in [-0.1, -0.05) is 11.6 Å². The summed E-state index contributed by atoms with van der Waals surface area (Å²) in [7, 11) is 1.86. The van der Waals surface area contributed by atoms with E-state index in [9.17, 15) is 0 Å². The van der Waals surface area contributed by atoms with E-state index in [2.05, 4.69) is 26.6 Å². The number of nitrogens with one attached hydrogen (secondary N) is 2. The van der Waals surface area contributed by atoms with Gasteiger partial charge in [0, 0.05) is 20.1 Å². The fourth-order valence-corrected chi connectivity index (χ4v) is 3.21. The van der Waals surface area contributed by atoms with Gasteiger partial charge in [0.05, 0.1) is 0 Å². The summed E-state index contributed by atoms with van der Waals surface area (Å²) in [6.07, 6.45) is 12.9. The topological polar surface area (TPSA) is 39.7 Å². The molecule has 0 atom stereocenters. The molecule has 0 spiro atoms. The van der Waals surface area contributed by atoms with Gasteiger partial charge in [0.25, 0.3) is 0 Å². The highest BCUT2D eigenvalue weighted by atomic mass is 15.2. The Labute approximate surface area is 130 Å². The number of hydrogen-bond acceptors (Lipinski definition) is 2. The van der Waals surface area contributed by atoms with E-state index >= 15 is 0 Å². The van der Waals surface area contributed by atoms with E-state index < -0.39 is 0 Å². The predicted molar refractivity (Wildman–Crippen MR) is 90.8 cm³/mol. The Balaban J connectivity index is 1.52. The fraction of sp³-hybridized carbons (Fsp3) is 0.824. The Morgan fingerprint density at radius 2 is 1.95 bits per heavy atom. The molecular weight excluding hydrogens is 260 g/mol. The van der Waals surface area contributed by atoms with E-state index in [1.165, 1.54) is 64.6 Å². The molecule has 1 fully saturated rings. The third-order valence-corrected chi connectivity index (χ3v) is 4.49. The number of rotatable bonds is 7. The Kier molecular flexibility index (Phi) is 7.65. The van der Waals surface area contributed by atoms with Gasteiger partial charge in [-0.3, -0.25) is 4.99 Å². The Bertz CT molecular complexity index is 343. The van der Waals surface area contributed by atoms with Crippen molar-refractivity contribution in [3.8, 4) is 0 Å². The SMILES string of the molecule is CN=C(NCCCN1CCCC1)NCCC1=CCCCC1. The molecule has 120 valence electrons. The maximum Gasteiger partial charge on any atom is 0.190 e. The summed E-state index contributed by atoms with van der Waals surface area (Å²) in [6, 6.07) is 0. The molecule has 1 heterocycles. The molecule has 1 saturated heterocycles. The first-order valence-electron chi connectivity index (χ1n) is 8.73. The largest absolute Gasteiger partial charge is 0.356 e. The maximum atomic E-state index is 4.30. The maximum absolute atomic E-state index is 4.30. The summed E-state index contributed by atoms with van der Waals surface area (Å²) in [4.78, 5) is 6.86. The number of hydrogen-bond donors (Lipinski definition) is 2. The first-order valence-corrected chi connectivity index (χ1v) is 8.73. The first kappa shape index (κ1) is 16.3. The van der Waals surface area contributed by atoms with Crippen LogP contribution in [0.3, 0.4) is 0 Å². The number of guanidine groups is 1. The van der Waals surface area contributed by atoms with E-state index in [1.54, 1.807) is 5.57 Å². The molecule has 2 rings (SSSR count). The van der Waals surface area contributed by atoms with Crippen LogP contribution in [0.15, 0.2) is 16.6 Å². The third-order valence-electron chi connectivity index (χ3n) is 4.49. The molecule has 4 nitrogen and oxygen atoms in total. The molecule has 0 aromatic carbocycles. The Morgan fingerprint density at radius 3 is 2.67 bits per heavy atom. The van der Waals surface area contributed by atoms with Gasteiger partial charge in [-0.15, -0.1) is 0 Å². The van der Waals surface area contributed by atoms with Gasteiger partial charge >= 0.3 is 0 Å². The summed E-state index contributed by atoms with van der Waals surface area (Å²) in [5.41, 5.74) is 1.62. The van der Waals surface area contributed by atoms with Gasteiger partial charge < -0.3 is 15.5 Å². The summed E-state index contributed by atoms with van der Waals surface area (Å²) in [5.74, 6) is 0.952. The van der Waals surface area contributed by atoms with Gasteiger partial charge in [-0.05, 0) is 71.0 Å². The van der Waals surface area contributed by atoms with Crippen molar-refractivity contribution < 1.29 is 0 Å². The number of nitrogens with zero attached hydrogens (tertiary/aromatic N) is 2. The van der Waals surface area contributed by atoms with Crippen molar-refractivity contribution in [2.45, 2.75) is 51.4 Å². The highest BCUT2D eigenvalue weighted by Gasteiger charge is 2.10. The smallest absolute Gasteiger partial charge is 0.190 e. The van der Waals surface area contributed by atoms with E-state index in [0.29, 0.717) is 0 Å². The molecule has 0 aromatic rings. The summed E-state index contributed by atoms with van der Waals surface area (Å²) >= 11 is 0. The lowest BCUT2D eigenvalue weighted by molar-refractivity contribution is 0.334. The lowest BCUT2D eigenvalue weighted by atomic mass is 9.97. The monoisotopic (exact) mass is 292 g/mol. The standard InChI is InChI=1S/C17H32N4/c1-18-17(19-11-7-15-21-13-5-6-14-21)20-12-10-16-8-3-2-4-9-16/h8H,2-7,9-15H2,1H3,(H2,18,19,20). The van der Waals surface area contributed by atoms with Gasteiger partial charge in [-0.25, -0.2) is 0 Å². The fourth-order valence-electron chi connectivity index (χ4n) is 3.21. The second-order valence-corrected chi connectivity index (χ2v) is 6.19. The van der Waals surface area contributed by atoms with Crippen LogP contribution < -0.4 is 10.6 Å². The molecule has 0 amide bonds. The van der Waals surface area contributed by atoms with Crippen LogP contribution in [-0.2, 0) is 0 Å². The molecule has 0 aromatic heterocycles. The normalized spacial score (nSPS) is 20.4. The van der Waals surface area contributed by atoms with E-state index in [4.69, 9.17) is 0 Å². The molecule has 2 aliphatic rings. The van der Waals surface area contributed by atoms with Crippen molar-refractivity contribution >= 4 is 5.96 Å². The number of likely N-dealkylation sites (tertiary alicyclic amines) is 1. The highest BCUT2D eigenvalue weighted by molar-refractivity contribution is 5.79. The van der Waals surface area contributed by atoms with Crippen molar-refractivity contribution in [2.75, 3.05) is 39.8 Å². The van der Waals surface area contributed by atoms with Crippen molar-refractivity contribution in [1.29, 1.82) is 0 Å². The molecule has 0 bridgehead atoms. The van der Waals surface area contributed by atoms with Crippen LogP contribution in [0.2, 0.25) is 0 Å². The van der Waals surface area contributed by atoms with E-state index in [1.807, 2.05) is 7.05 Å². The Morgan fingerprint density at radius 1 is 1.14 bits per heavy atom. The van der Waals surface area contributed by atoms with Gasteiger partial charge in [0.1, 0.15) is 0 Å². The molecule has 1 aliphatic carbocycles. The van der Waals surface area contributed by atoms with Crippen molar-refractivity contribution in [3.63, 3.8) is 0 Å². The Hall–Kier alpha value is -1.03. The number of aliphatic imine (C=N–C) groups is 1. The zero-order valence-electron chi connectivity index (χ0n) is 13.7. The summed E-state index contributed by atoms with van der Waals surface area (Å²) < 4.78 is 0. The molecule has 0 unspecified atom stereocenters. The molecular formula is C17H32N4. The predicted octanol–water partition coefficient (Wildman–Crippen LogP) is 2.53. The third kappa shape index (κ3) is 6.51. The van der Waals surface area contributed by atoms with Crippen LogP contribution >= 0.6 is 0 Å². The molecule has 21 heavy (non-hydrogen) atoms. The number of allylic oxidation sites excluding steroid dienone is 1. The minimum absolute atomic E-state index is 0.952. The lowest BCUT2D eigenvalue weighted by Gasteiger charge is -2.17. The van der Waals surface area contributed by atoms with Crippen molar-refractivity contribution in [1.82, 2.24) is 15.5 Å². The van der Waals surface area contributed by atoms with Crippen LogP contribution in [0.5, 0.6) is 0 Å². The van der Waals surface area contributed by atoms with Crippen LogP contribution in [0.1, 0.15) is 51.4 Å². The molecule has 0 saturated carbocycles. The average molecular weight is 292 g/mol. The van der Waals surface area contributed by atoms with Gasteiger partial charge in [0.15, 0.2) is 5.96 Å². The molecule has 4 heteroatoms. The molecule has 0 radical (unpaired) electrons. The van der Waals surface area contributed by atoms with Gasteiger partial charge in [0.2, 0.25) is 0 Å². The molecule has 2 N–H and O–H groups in total. The average Bonchev–Trinajstić information content (AvgIpc) is 3.04. The van der Waals surface area contributed by atoms with Crippen LogP contribution in [0.25, 0.3) is 0 Å². The van der Waals surface area contributed by atoms with Crippen molar-refractivity contribution in [2.24, 2.45) is 4.99 Å². The van der Waals surface area contributed by atoms with Crippen LogP contribution in [-0.4, -0.2) is 50.6 Å². The zero-order chi connectivity index (χ0) is 14.8. The van der Waals surface area contributed by atoms with E-state index in [-0.39, 0.29) is 0 Å². The van der Waals surface area contributed by atoms with Crippen molar-refractivity contribution in [3.05, 3.63) is 11.6 Å². The first-order chi connectivity index (χ1) is 10.4. The minimum atomic E-state index is 0.952. The summed E-state index contributed by atoms with van der Waals surface area (Å²) in [6.45, 7) is 5.82. The highest BCUT2D eigenvalue weighted by Crippen LogP contribution is 2.19. The van der Waals surface area contributed by atoms with Crippen LogP contribution in [0, 0.1) is 0 Å². The van der Waals surface area contributed by atoms with E-state index in [0.717, 1.165) is 25.5 Å². The van der Waals surface area contributed by atoms with Crippen LogP contribution in [0.4, 0.5) is 0 Å². The summed E-state index contributed by atoms with van der Waals surface area (Å²) in [5, 5.41) is 6.85. The zero-order valence-corrected chi connectivity index (χ0v) is 13.7. The van der Waals surface area contributed by atoms with Gasteiger partial charge in [-0.2, -0.15) is 0 Å². The molecule has 1 aliphatic heterocycles. The second kappa shape index (κ2) is 9.82. The lowest BCUT2D eigenvalue weighted by Crippen LogP contribution is -2.39. The second-order valence-electron chi connectivity index (χ2n) is 6.19. The quantitative estimate of drug-likeness (QED) is 0.328.